The van der Waals surface area contributed by atoms with Crippen LogP contribution in [0.1, 0.15) is 19.4 Å². The number of hydrogen-bond acceptors (Lipinski definition) is 2. The van der Waals surface area contributed by atoms with E-state index in [1.54, 1.807) is 6.07 Å². The number of halogens is 4. The molecule has 0 aliphatic rings. The Morgan fingerprint density at radius 1 is 0.848 bits per heavy atom. The van der Waals surface area contributed by atoms with Crippen molar-refractivity contribution in [3.63, 3.8) is 0 Å². The van der Waals surface area contributed by atoms with Crippen LogP contribution in [0.15, 0.2) is 89.2 Å². The van der Waals surface area contributed by atoms with E-state index in [-0.39, 0.29) is 17.0 Å². The first-order valence-corrected chi connectivity index (χ1v) is 11.3. The van der Waals surface area contributed by atoms with Gasteiger partial charge in [-0.15, -0.1) is 28.3 Å². The van der Waals surface area contributed by atoms with E-state index in [9.17, 15) is 13.2 Å². The normalized spacial score (nSPS) is 12.1. The average Bonchev–Trinajstić information content (AvgIpc) is 3.15. The smallest absolute Gasteiger partial charge is 0.316 e. The minimum Gasteiger partial charge on any atom is -0.316 e. The topological polar surface area (TPSA) is 17.3 Å². The maximum atomic E-state index is 13.1. The number of aromatic nitrogens is 1. The molecular formula is C26H24BrF3N2S. The largest absolute Gasteiger partial charge is 0.416 e. The van der Waals surface area contributed by atoms with Crippen LogP contribution in [0.3, 0.4) is 0 Å². The molecule has 0 spiro atoms. The molecule has 33 heavy (non-hydrogen) atoms. The summed E-state index contributed by atoms with van der Waals surface area (Å²) in [5, 5.41) is 2.02. The molecule has 0 bridgehead atoms. The third kappa shape index (κ3) is 6.03. The van der Waals surface area contributed by atoms with Crippen LogP contribution in [0, 0.1) is 5.92 Å². The van der Waals surface area contributed by atoms with Crippen molar-refractivity contribution in [2.75, 3.05) is 0 Å². The van der Waals surface area contributed by atoms with E-state index in [1.165, 1.54) is 17.4 Å². The van der Waals surface area contributed by atoms with Gasteiger partial charge in [0.25, 0.3) is 0 Å². The molecule has 7 heteroatoms. The molecule has 0 saturated carbocycles. The molecule has 0 fully saturated rings. The second-order valence-electron chi connectivity index (χ2n) is 8.01. The lowest BCUT2D eigenvalue weighted by atomic mass is 10.0. The van der Waals surface area contributed by atoms with Gasteiger partial charge in [0.1, 0.15) is 0 Å². The Labute approximate surface area is 205 Å². The zero-order chi connectivity index (χ0) is 22.7. The molecule has 0 aliphatic heterocycles. The quantitative estimate of drug-likeness (QED) is 0.245. The summed E-state index contributed by atoms with van der Waals surface area (Å²) in [5.41, 5.74) is 3.95. The summed E-state index contributed by atoms with van der Waals surface area (Å²) in [6, 6.07) is 23.7. The highest BCUT2D eigenvalue weighted by Gasteiger charge is 2.30. The Balaban J connectivity index is 0.00000306. The van der Waals surface area contributed by atoms with Crippen LogP contribution in [0.25, 0.3) is 22.4 Å². The van der Waals surface area contributed by atoms with Gasteiger partial charge < -0.3 is 4.57 Å². The van der Waals surface area contributed by atoms with Gasteiger partial charge in [0.05, 0.1) is 16.9 Å². The zero-order valence-corrected chi connectivity index (χ0v) is 20.7. The fourth-order valence-corrected chi connectivity index (χ4v) is 4.46. The molecule has 4 rings (SSSR count). The summed E-state index contributed by atoms with van der Waals surface area (Å²) in [4.78, 5) is 5.24. The van der Waals surface area contributed by atoms with Crippen LogP contribution in [-0.4, -0.2) is 4.57 Å². The lowest BCUT2D eigenvalue weighted by molar-refractivity contribution is -0.137. The maximum Gasteiger partial charge on any atom is 0.416 e. The van der Waals surface area contributed by atoms with Crippen molar-refractivity contribution in [3.05, 3.63) is 94.6 Å². The van der Waals surface area contributed by atoms with Gasteiger partial charge in [-0.05, 0) is 40.8 Å². The summed E-state index contributed by atoms with van der Waals surface area (Å²) in [7, 11) is 0. The Morgan fingerprint density at radius 2 is 1.48 bits per heavy atom. The molecule has 0 N–H and O–H groups in total. The highest BCUT2D eigenvalue weighted by molar-refractivity contribution is 8.93. The van der Waals surface area contributed by atoms with Gasteiger partial charge in [0, 0.05) is 11.9 Å². The van der Waals surface area contributed by atoms with Crippen molar-refractivity contribution in [2.24, 2.45) is 10.9 Å². The Kier molecular flexibility index (Phi) is 7.97. The third-order valence-electron chi connectivity index (χ3n) is 5.03. The second kappa shape index (κ2) is 10.5. The average molecular weight is 533 g/mol. The summed E-state index contributed by atoms with van der Waals surface area (Å²) in [6.45, 7) is 4.94. The number of hydrogen-bond donors (Lipinski definition) is 0. The minimum atomic E-state index is -4.39. The molecule has 1 aromatic heterocycles. The molecule has 0 aliphatic carbocycles. The molecule has 4 aromatic rings. The first-order valence-electron chi connectivity index (χ1n) is 10.4. The molecule has 2 nitrogen and oxygen atoms in total. The van der Waals surface area contributed by atoms with Gasteiger partial charge >= 0.3 is 6.18 Å². The molecule has 0 radical (unpaired) electrons. The van der Waals surface area contributed by atoms with Crippen LogP contribution in [0.5, 0.6) is 0 Å². The molecular weight excluding hydrogens is 509 g/mol. The molecule has 3 aromatic carbocycles. The summed E-state index contributed by atoms with van der Waals surface area (Å²) in [5.74, 6) is 0.354. The van der Waals surface area contributed by atoms with E-state index in [0.29, 0.717) is 16.4 Å². The van der Waals surface area contributed by atoms with Gasteiger partial charge in [-0.1, -0.05) is 74.5 Å². The Hall–Kier alpha value is -2.64. The van der Waals surface area contributed by atoms with E-state index < -0.39 is 11.7 Å². The van der Waals surface area contributed by atoms with Crippen LogP contribution < -0.4 is 4.80 Å². The lowest BCUT2D eigenvalue weighted by Gasteiger charge is -2.12. The molecule has 0 amide bonds. The fraction of sp³-hybridized carbons (Fsp3) is 0.192. The highest BCUT2D eigenvalue weighted by atomic mass is 79.9. The maximum absolute atomic E-state index is 13.1. The predicted octanol–water partition coefficient (Wildman–Crippen LogP) is 8.37. The van der Waals surface area contributed by atoms with Gasteiger partial charge in [0.2, 0.25) is 0 Å². The lowest BCUT2D eigenvalue weighted by Crippen LogP contribution is -2.19. The van der Waals surface area contributed by atoms with Crippen molar-refractivity contribution in [1.82, 2.24) is 4.57 Å². The van der Waals surface area contributed by atoms with Crippen molar-refractivity contribution >= 4 is 34.0 Å². The Morgan fingerprint density at radius 3 is 2.12 bits per heavy atom. The number of thiazole rings is 1. The summed E-state index contributed by atoms with van der Waals surface area (Å²) >= 11 is 1.44. The van der Waals surface area contributed by atoms with Crippen molar-refractivity contribution in [2.45, 2.75) is 26.6 Å². The van der Waals surface area contributed by atoms with E-state index in [4.69, 9.17) is 0 Å². The second-order valence-corrected chi connectivity index (χ2v) is 8.85. The zero-order valence-electron chi connectivity index (χ0n) is 18.2. The minimum absolute atomic E-state index is 0. The van der Waals surface area contributed by atoms with E-state index in [1.807, 2.05) is 23.6 Å². The van der Waals surface area contributed by atoms with Crippen molar-refractivity contribution < 1.29 is 13.2 Å². The predicted molar refractivity (Wildman–Crippen MR) is 135 cm³/mol. The van der Waals surface area contributed by atoms with Gasteiger partial charge in [0.15, 0.2) is 4.80 Å². The van der Waals surface area contributed by atoms with Crippen molar-refractivity contribution in [3.8, 4) is 22.4 Å². The van der Waals surface area contributed by atoms with E-state index >= 15 is 0 Å². The monoisotopic (exact) mass is 532 g/mol. The number of nitrogens with zero attached hydrogens (tertiary/aromatic N) is 2. The summed E-state index contributed by atoms with van der Waals surface area (Å²) < 4.78 is 41.4. The van der Waals surface area contributed by atoms with E-state index in [0.717, 1.165) is 41.1 Å². The highest BCUT2D eigenvalue weighted by Crippen LogP contribution is 2.31. The van der Waals surface area contributed by atoms with Crippen molar-refractivity contribution in [1.29, 1.82) is 0 Å². The molecule has 1 heterocycles. The van der Waals surface area contributed by atoms with Gasteiger partial charge in [-0.25, -0.2) is 4.99 Å². The van der Waals surface area contributed by atoms with E-state index in [2.05, 4.69) is 59.8 Å². The first-order chi connectivity index (χ1) is 15.3. The van der Waals surface area contributed by atoms with Gasteiger partial charge in [-0.3, -0.25) is 0 Å². The van der Waals surface area contributed by atoms with Crippen LogP contribution >= 0.6 is 28.3 Å². The number of alkyl halides is 3. The molecule has 172 valence electrons. The van der Waals surface area contributed by atoms with Crippen LogP contribution in [-0.2, 0) is 12.7 Å². The number of rotatable bonds is 5. The SMILES string of the molecule is Br.CC(C)Cn1c(-c2ccc(-c3ccccc3)cc2)csc1=Nc1cccc(C(F)(F)F)c1. The third-order valence-corrected chi connectivity index (χ3v) is 5.90. The van der Waals surface area contributed by atoms with Crippen LogP contribution in [0.2, 0.25) is 0 Å². The standard InChI is InChI=1S/C26H23F3N2S.BrH/c1-18(2)16-31-24(21-13-11-20(12-14-21)19-7-4-3-5-8-19)17-32-25(31)30-23-10-6-9-22(15-23)26(27,28)29;/h3-15,17-18H,16H2,1-2H3;1H. The molecule has 0 unspecified atom stereocenters. The van der Waals surface area contributed by atoms with Gasteiger partial charge in [-0.2, -0.15) is 13.2 Å². The molecule has 0 saturated heterocycles. The Bertz CT molecular complexity index is 1260. The number of benzene rings is 3. The fourth-order valence-electron chi connectivity index (χ4n) is 3.52. The first kappa shape index (κ1) is 25.0. The van der Waals surface area contributed by atoms with Crippen LogP contribution in [0.4, 0.5) is 18.9 Å². The molecule has 0 atom stereocenters. The summed E-state index contributed by atoms with van der Waals surface area (Å²) in [6.07, 6.45) is -4.39.